The number of benzene rings is 1. The highest BCUT2D eigenvalue weighted by Gasteiger charge is 2.23. The van der Waals surface area contributed by atoms with Crippen molar-refractivity contribution in [2.45, 2.75) is 19.8 Å². The Morgan fingerprint density at radius 2 is 2.35 bits per heavy atom. The Bertz CT molecular complexity index is 367. The molecule has 2 atom stereocenters. The second kappa shape index (κ2) is 5.50. The van der Waals surface area contributed by atoms with Crippen LogP contribution >= 0.6 is 0 Å². The van der Waals surface area contributed by atoms with E-state index in [9.17, 15) is 4.39 Å². The maximum Gasteiger partial charge on any atom is 0.125 e. The molecule has 1 aliphatic heterocycles. The van der Waals surface area contributed by atoms with Gasteiger partial charge in [0.05, 0.1) is 0 Å². The summed E-state index contributed by atoms with van der Waals surface area (Å²) in [5.74, 6) is 1.14. The van der Waals surface area contributed by atoms with Crippen LogP contribution in [0.4, 0.5) is 10.1 Å². The van der Waals surface area contributed by atoms with Crippen LogP contribution in [0.2, 0.25) is 0 Å². The van der Waals surface area contributed by atoms with Gasteiger partial charge in [-0.25, -0.2) is 4.39 Å². The van der Waals surface area contributed by atoms with Gasteiger partial charge in [0.2, 0.25) is 0 Å². The fourth-order valence-electron chi connectivity index (χ4n) is 2.60. The minimum absolute atomic E-state index is 0.152. The molecular weight excluding hydrogens is 215 g/mol. The van der Waals surface area contributed by atoms with E-state index in [1.165, 1.54) is 18.9 Å². The molecule has 1 heterocycles. The van der Waals surface area contributed by atoms with E-state index in [0.717, 1.165) is 25.3 Å². The molecule has 0 saturated carbocycles. The maximum atomic E-state index is 13.1. The molecule has 1 saturated heterocycles. The molecule has 0 radical (unpaired) electrons. The number of halogens is 1. The van der Waals surface area contributed by atoms with Crippen LogP contribution in [0.1, 0.15) is 19.8 Å². The van der Waals surface area contributed by atoms with Crippen LogP contribution < -0.4 is 10.6 Å². The molecule has 2 rings (SSSR count). The predicted molar refractivity (Wildman–Crippen MR) is 69.6 cm³/mol. The van der Waals surface area contributed by atoms with Crippen molar-refractivity contribution in [3.63, 3.8) is 0 Å². The van der Waals surface area contributed by atoms with Crippen molar-refractivity contribution in [3.05, 3.63) is 30.1 Å². The first-order valence-electron chi connectivity index (χ1n) is 6.39. The average molecular weight is 236 g/mol. The summed E-state index contributed by atoms with van der Waals surface area (Å²) >= 11 is 0. The van der Waals surface area contributed by atoms with Crippen LogP contribution in [0, 0.1) is 17.7 Å². The molecule has 94 valence electrons. The number of rotatable bonds is 4. The van der Waals surface area contributed by atoms with Gasteiger partial charge in [0.25, 0.3) is 0 Å². The first kappa shape index (κ1) is 12.4. The fraction of sp³-hybridized carbons (Fsp3) is 0.571. The smallest absolute Gasteiger partial charge is 0.125 e. The largest absolute Gasteiger partial charge is 0.371 e. The standard InChI is InChI=1S/C14H21FN2/c1-11(9-16)7-12-5-6-17(10-12)14-4-2-3-13(15)8-14/h2-4,8,11-12H,5-7,9-10,16H2,1H3. The van der Waals surface area contributed by atoms with E-state index < -0.39 is 0 Å². The molecule has 0 amide bonds. The van der Waals surface area contributed by atoms with Crippen LogP contribution in [-0.4, -0.2) is 19.6 Å². The molecule has 1 aromatic rings. The molecule has 3 heteroatoms. The van der Waals surface area contributed by atoms with Gasteiger partial charge in [-0.05, 0) is 49.4 Å². The summed E-state index contributed by atoms with van der Waals surface area (Å²) in [6.07, 6.45) is 2.38. The topological polar surface area (TPSA) is 29.3 Å². The average Bonchev–Trinajstić information content (AvgIpc) is 2.77. The number of hydrogen-bond donors (Lipinski definition) is 1. The monoisotopic (exact) mass is 236 g/mol. The lowest BCUT2D eigenvalue weighted by Gasteiger charge is -2.19. The lowest BCUT2D eigenvalue weighted by atomic mass is 9.95. The van der Waals surface area contributed by atoms with E-state index in [0.29, 0.717) is 11.8 Å². The van der Waals surface area contributed by atoms with Gasteiger partial charge < -0.3 is 10.6 Å². The quantitative estimate of drug-likeness (QED) is 0.870. The highest BCUT2D eigenvalue weighted by atomic mass is 19.1. The normalized spacial score (nSPS) is 21.8. The third-order valence-electron chi connectivity index (χ3n) is 3.60. The van der Waals surface area contributed by atoms with Crippen molar-refractivity contribution in [3.8, 4) is 0 Å². The SMILES string of the molecule is CC(CN)CC1CCN(c2cccc(F)c2)C1. The number of hydrogen-bond acceptors (Lipinski definition) is 2. The molecule has 0 bridgehead atoms. The van der Waals surface area contributed by atoms with Gasteiger partial charge >= 0.3 is 0 Å². The first-order chi connectivity index (χ1) is 8.19. The summed E-state index contributed by atoms with van der Waals surface area (Å²) < 4.78 is 13.1. The lowest BCUT2D eigenvalue weighted by Crippen LogP contribution is -2.21. The third kappa shape index (κ3) is 3.19. The van der Waals surface area contributed by atoms with E-state index in [-0.39, 0.29) is 5.82 Å². The molecule has 2 N–H and O–H groups in total. The molecule has 0 aromatic heterocycles. The summed E-state index contributed by atoms with van der Waals surface area (Å²) in [6, 6.07) is 6.88. The van der Waals surface area contributed by atoms with Crippen LogP contribution in [0.25, 0.3) is 0 Å². The molecule has 2 nitrogen and oxygen atoms in total. The molecular formula is C14H21FN2. The highest BCUT2D eigenvalue weighted by Crippen LogP contribution is 2.27. The van der Waals surface area contributed by atoms with Gasteiger partial charge in [0.1, 0.15) is 5.82 Å². The van der Waals surface area contributed by atoms with Gasteiger partial charge in [-0.15, -0.1) is 0 Å². The van der Waals surface area contributed by atoms with Crippen molar-refractivity contribution in [2.24, 2.45) is 17.6 Å². The van der Waals surface area contributed by atoms with Gasteiger partial charge in [0, 0.05) is 18.8 Å². The molecule has 2 unspecified atom stereocenters. The maximum absolute atomic E-state index is 13.1. The predicted octanol–water partition coefficient (Wildman–Crippen LogP) is 2.64. The zero-order valence-electron chi connectivity index (χ0n) is 10.4. The van der Waals surface area contributed by atoms with Crippen molar-refractivity contribution in [2.75, 3.05) is 24.5 Å². The molecule has 1 fully saturated rings. The summed E-state index contributed by atoms with van der Waals surface area (Å²) in [6.45, 7) is 5.03. The van der Waals surface area contributed by atoms with Gasteiger partial charge in [0.15, 0.2) is 0 Å². The van der Waals surface area contributed by atoms with Crippen LogP contribution in [-0.2, 0) is 0 Å². The Hall–Kier alpha value is -1.09. The summed E-state index contributed by atoms with van der Waals surface area (Å²) in [7, 11) is 0. The van der Waals surface area contributed by atoms with E-state index in [1.807, 2.05) is 6.07 Å². The Morgan fingerprint density at radius 3 is 3.06 bits per heavy atom. The summed E-state index contributed by atoms with van der Waals surface area (Å²) in [5.41, 5.74) is 6.66. The number of nitrogens with two attached hydrogens (primary N) is 1. The first-order valence-corrected chi connectivity index (χ1v) is 6.39. The van der Waals surface area contributed by atoms with Crippen LogP contribution in [0.3, 0.4) is 0 Å². The minimum atomic E-state index is -0.152. The Kier molecular flexibility index (Phi) is 4.00. The van der Waals surface area contributed by atoms with Gasteiger partial charge in [-0.2, -0.15) is 0 Å². The summed E-state index contributed by atoms with van der Waals surface area (Å²) in [4.78, 5) is 2.27. The van der Waals surface area contributed by atoms with E-state index in [1.54, 1.807) is 12.1 Å². The van der Waals surface area contributed by atoms with Crippen LogP contribution in [0.5, 0.6) is 0 Å². The molecule has 1 aromatic carbocycles. The van der Waals surface area contributed by atoms with E-state index in [2.05, 4.69) is 11.8 Å². The molecule has 0 spiro atoms. The number of nitrogens with zero attached hydrogens (tertiary/aromatic N) is 1. The Morgan fingerprint density at radius 1 is 1.53 bits per heavy atom. The fourth-order valence-corrected chi connectivity index (χ4v) is 2.60. The molecule has 17 heavy (non-hydrogen) atoms. The third-order valence-corrected chi connectivity index (χ3v) is 3.60. The second-order valence-corrected chi connectivity index (χ2v) is 5.16. The van der Waals surface area contributed by atoms with Crippen LogP contribution in [0.15, 0.2) is 24.3 Å². The summed E-state index contributed by atoms with van der Waals surface area (Å²) in [5, 5.41) is 0. The van der Waals surface area contributed by atoms with E-state index in [4.69, 9.17) is 5.73 Å². The van der Waals surface area contributed by atoms with Gasteiger partial charge in [-0.3, -0.25) is 0 Å². The Balaban J connectivity index is 1.93. The van der Waals surface area contributed by atoms with Crippen molar-refractivity contribution >= 4 is 5.69 Å². The zero-order valence-corrected chi connectivity index (χ0v) is 10.4. The lowest BCUT2D eigenvalue weighted by molar-refractivity contribution is 0.423. The van der Waals surface area contributed by atoms with Crippen molar-refractivity contribution in [1.29, 1.82) is 0 Å². The van der Waals surface area contributed by atoms with Crippen molar-refractivity contribution in [1.82, 2.24) is 0 Å². The Labute approximate surface area is 103 Å². The van der Waals surface area contributed by atoms with Crippen molar-refractivity contribution < 1.29 is 4.39 Å². The molecule has 1 aliphatic rings. The minimum Gasteiger partial charge on any atom is -0.371 e. The number of anilines is 1. The highest BCUT2D eigenvalue weighted by molar-refractivity contribution is 5.47. The van der Waals surface area contributed by atoms with E-state index >= 15 is 0 Å². The second-order valence-electron chi connectivity index (χ2n) is 5.16. The molecule has 0 aliphatic carbocycles. The van der Waals surface area contributed by atoms with Gasteiger partial charge in [-0.1, -0.05) is 13.0 Å². The zero-order chi connectivity index (χ0) is 12.3.